The fourth-order valence-electron chi connectivity index (χ4n) is 8.10. The lowest BCUT2D eigenvalue weighted by Gasteiger charge is -2.65. The number of aliphatic hydroxyl groups excluding tert-OH is 2. The van der Waals surface area contributed by atoms with Crippen molar-refractivity contribution in [3.8, 4) is 0 Å². The second-order valence-corrected chi connectivity index (χ2v) is 10.5. The number of fused-ring (bicyclic) bond motifs is 5. The van der Waals surface area contributed by atoms with Crippen molar-refractivity contribution >= 4 is 11.6 Å². The Morgan fingerprint density at radius 1 is 1.21 bits per heavy atom. The first-order chi connectivity index (χ1) is 13.0. The number of rotatable bonds is 2. The van der Waals surface area contributed by atoms with E-state index in [9.17, 15) is 24.9 Å². The highest BCUT2D eigenvalue weighted by Gasteiger charge is 2.76. The molecule has 0 amide bonds. The molecule has 0 bridgehead atoms. The summed E-state index contributed by atoms with van der Waals surface area (Å²) in [6, 6.07) is 0. The van der Waals surface area contributed by atoms with E-state index < -0.39 is 52.4 Å². The van der Waals surface area contributed by atoms with Crippen LogP contribution >= 0.6 is 0 Å². The number of hydrogen-bond donors (Lipinski definition) is 3. The van der Waals surface area contributed by atoms with Crippen molar-refractivity contribution in [2.45, 2.75) is 83.1 Å². The number of ketones is 2. The largest absolute Gasteiger partial charge is 0.390 e. The van der Waals surface area contributed by atoms with Gasteiger partial charge in [-0.1, -0.05) is 20.8 Å². The van der Waals surface area contributed by atoms with Crippen LogP contribution < -0.4 is 0 Å². The van der Waals surface area contributed by atoms with E-state index in [1.165, 1.54) is 0 Å². The molecule has 0 aromatic carbocycles. The second-order valence-electron chi connectivity index (χ2n) is 10.5. The van der Waals surface area contributed by atoms with Gasteiger partial charge in [0, 0.05) is 23.7 Å². The first-order valence-corrected chi connectivity index (χ1v) is 10.7. The van der Waals surface area contributed by atoms with Crippen LogP contribution in [0, 0.1) is 34.5 Å². The monoisotopic (exact) mass is 396 g/mol. The van der Waals surface area contributed by atoms with Gasteiger partial charge in [-0.25, -0.2) is 4.39 Å². The Bertz CT molecular complexity index is 711. The zero-order chi connectivity index (χ0) is 20.7. The first-order valence-electron chi connectivity index (χ1n) is 10.7. The van der Waals surface area contributed by atoms with Gasteiger partial charge in [-0.2, -0.15) is 0 Å². The summed E-state index contributed by atoms with van der Waals surface area (Å²) in [5.41, 5.74) is -5.32. The van der Waals surface area contributed by atoms with Crippen molar-refractivity contribution in [2.75, 3.05) is 6.61 Å². The molecule has 158 valence electrons. The van der Waals surface area contributed by atoms with E-state index >= 15 is 4.39 Å². The zero-order valence-electron chi connectivity index (χ0n) is 17.1. The highest BCUT2D eigenvalue weighted by atomic mass is 19.1. The minimum Gasteiger partial charge on any atom is -0.390 e. The van der Waals surface area contributed by atoms with E-state index in [2.05, 4.69) is 0 Å². The topological polar surface area (TPSA) is 94.8 Å². The van der Waals surface area contributed by atoms with Gasteiger partial charge in [0.05, 0.1) is 6.10 Å². The summed E-state index contributed by atoms with van der Waals surface area (Å²) >= 11 is 0. The molecule has 4 aliphatic rings. The molecule has 0 aromatic heterocycles. The highest BCUT2D eigenvalue weighted by Crippen LogP contribution is 2.71. The quantitative estimate of drug-likeness (QED) is 0.665. The molecule has 9 atom stereocenters. The molecule has 4 saturated carbocycles. The molecule has 0 saturated heterocycles. The highest BCUT2D eigenvalue weighted by molar-refractivity contribution is 5.90. The van der Waals surface area contributed by atoms with Crippen molar-refractivity contribution in [1.29, 1.82) is 0 Å². The lowest BCUT2D eigenvalue weighted by atomic mass is 9.42. The van der Waals surface area contributed by atoms with Crippen LogP contribution in [0.1, 0.15) is 65.7 Å². The lowest BCUT2D eigenvalue weighted by Crippen LogP contribution is -2.71. The molecular weight excluding hydrogens is 363 g/mol. The number of carbonyl (C=O) groups excluding carboxylic acids is 2. The van der Waals surface area contributed by atoms with Gasteiger partial charge >= 0.3 is 0 Å². The Balaban J connectivity index is 1.79. The summed E-state index contributed by atoms with van der Waals surface area (Å²) in [6.45, 7) is 4.71. The third-order valence-electron chi connectivity index (χ3n) is 9.71. The zero-order valence-corrected chi connectivity index (χ0v) is 17.1. The molecule has 0 radical (unpaired) electrons. The van der Waals surface area contributed by atoms with Gasteiger partial charge < -0.3 is 15.3 Å². The maximum absolute atomic E-state index is 17.0. The third-order valence-corrected chi connectivity index (χ3v) is 9.71. The Hall–Kier alpha value is -0.850. The molecule has 4 aliphatic carbocycles. The normalized spacial score (nSPS) is 56.0. The van der Waals surface area contributed by atoms with E-state index in [0.29, 0.717) is 32.1 Å². The maximum atomic E-state index is 17.0. The van der Waals surface area contributed by atoms with Crippen molar-refractivity contribution < 1.29 is 29.3 Å². The minimum atomic E-state index is -1.83. The molecule has 4 rings (SSSR count). The third kappa shape index (κ3) is 2.12. The molecule has 0 aliphatic heterocycles. The van der Waals surface area contributed by atoms with Gasteiger partial charge in [-0.05, 0) is 55.8 Å². The van der Waals surface area contributed by atoms with Crippen LogP contribution in [0.25, 0.3) is 0 Å². The number of halogens is 1. The fourth-order valence-corrected chi connectivity index (χ4v) is 8.10. The van der Waals surface area contributed by atoms with E-state index in [1.807, 2.05) is 6.92 Å². The van der Waals surface area contributed by atoms with Gasteiger partial charge in [0.25, 0.3) is 0 Å². The maximum Gasteiger partial charge on any atom is 0.190 e. The van der Waals surface area contributed by atoms with E-state index in [-0.39, 0.29) is 24.0 Å². The van der Waals surface area contributed by atoms with Gasteiger partial charge in [0.2, 0.25) is 0 Å². The summed E-state index contributed by atoms with van der Waals surface area (Å²) < 4.78 is 17.0. The Kier molecular flexibility index (Phi) is 4.44. The van der Waals surface area contributed by atoms with Gasteiger partial charge in [0.1, 0.15) is 23.7 Å². The van der Waals surface area contributed by atoms with Crippen LogP contribution in [0.15, 0.2) is 0 Å². The second kappa shape index (κ2) is 6.08. The average molecular weight is 396 g/mol. The SMILES string of the molecule is C[C@H]1C[C@H]2[C@@H]3CC[C@H]4CC(=O)CC[C@]4(C)[C@@]3(F)C(O)C[C@]2(C)[C@@]1(O)C(=O)CO. The van der Waals surface area contributed by atoms with Crippen LogP contribution in [0.5, 0.6) is 0 Å². The summed E-state index contributed by atoms with van der Waals surface area (Å²) in [4.78, 5) is 24.6. The molecule has 0 heterocycles. The minimum absolute atomic E-state index is 0.00645. The average Bonchev–Trinajstić information content (AvgIpc) is 2.84. The van der Waals surface area contributed by atoms with E-state index in [0.717, 1.165) is 6.42 Å². The summed E-state index contributed by atoms with van der Waals surface area (Å²) in [5, 5.41) is 32.1. The standard InChI is InChI=1S/C22H33FO5/c1-12-8-16-15-5-4-13-9-14(25)6-7-19(13,2)21(15,23)17(26)10-20(16,3)22(12,28)18(27)11-24/h12-13,15-17,24,26,28H,4-11H2,1-3H3/t12-,13-,15-,16-,17?,19-,20-,21-,22-/m0/s1. The molecule has 4 fully saturated rings. The van der Waals surface area contributed by atoms with E-state index in [4.69, 9.17) is 0 Å². The van der Waals surface area contributed by atoms with Crippen LogP contribution in [0.3, 0.4) is 0 Å². The molecule has 3 N–H and O–H groups in total. The molecule has 1 unspecified atom stereocenters. The fraction of sp³-hybridized carbons (Fsp3) is 0.909. The Morgan fingerprint density at radius 2 is 1.89 bits per heavy atom. The van der Waals surface area contributed by atoms with Crippen LogP contribution in [-0.2, 0) is 9.59 Å². The molecule has 5 nitrogen and oxygen atoms in total. The number of aliphatic hydroxyl groups is 3. The number of carbonyl (C=O) groups is 2. The van der Waals surface area contributed by atoms with Crippen molar-refractivity contribution in [3.05, 3.63) is 0 Å². The lowest BCUT2D eigenvalue weighted by molar-refractivity contribution is -0.254. The summed E-state index contributed by atoms with van der Waals surface area (Å²) in [6.07, 6.45) is 1.66. The number of alkyl halides is 1. The van der Waals surface area contributed by atoms with Crippen LogP contribution in [0.4, 0.5) is 4.39 Å². The van der Waals surface area contributed by atoms with Crippen molar-refractivity contribution in [1.82, 2.24) is 0 Å². The molecule has 0 spiro atoms. The first kappa shape index (κ1) is 20.4. The van der Waals surface area contributed by atoms with Crippen LogP contribution in [0.2, 0.25) is 0 Å². The van der Waals surface area contributed by atoms with Crippen molar-refractivity contribution in [2.24, 2.45) is 34.5 Å². The molecule has 0 aromatic rings. The Labute approximate surface area is 165 Å². The van der Waals surface area contributed by atoms with Gasteiger partial charge in [-0.15, -0.1) is 0 Å². The van der Waals surface area contributed by atoms with Crippen molar-refractivity contribution in [3.63, 3.8) is 0 Å². The number of Topliss-reactive ketones (excluding diaryl/α,β-unsaturated/α-hetero) is 2. The van der Waals surface area contributed by atoms with Gasteiger partial charge in [-0.3, -0.25) is 9.59 Å². The smallest absolute Gasteiger partial charge is 0.190 e. The van der Waals surface area contributed by atoms with Crippen LogP contribution in [-0.4, -0.2) is 50.9 Å². The van der Waals surface area contributed by atoms with Gasteiger partial charge in [0.15, 0.2) is 5.78 Å². The Morgan fingerprint density at radius 3 is 2.54 bits per heavy atom. The van der Waals surface area contributed by atoms with E-state index in [1.54, 1.807) is 13.8 Å². The number of hydrogen-bond acceptors (Lipinski definition) is 5. The predicted molar refractivity (Wildman–Crippen MR) is 100 cm³/mol. The molecule has 6 heteroatoms. The summed E-state index contributed by atoms with van der Waals surface area (Å²) in [7, 11) is 0. The predicted octanol–water partition coefficient (Wildman–Crippen LogP) is 2.20. The summed E-state index contributed by atoms with van der Waals surface area (Å²) in [5.74, 6) is -1.63. The molecular formula is C22H33FO5. The molecule has 28 heavy (non-hydrogen) atoms.